The van der Waals surface area contributed by atoms with Crippen LogP contribution in [0.3, 0.4) is 0 Å². The third-order valence-corrected chi connectivity index (χ3v) is 6.00. The van der Waals surface area contributed by atoms with Crippen molar-refractivity contribution in [1.29, 1.82) is 0 Å². The SMILES string of the molecule is CCOP(=O)(OCC)[C@@]1(C)CC[C@@H](OOC(C)(C)C)N1[O]. The predicted molar refractivity (Wildman–Crippen MR) is 76.7 cm³/mol. The van der Waals surface area contributed by atoms with Crippen LogP contribution in [0.2, 0.25) is 0 Å². The second-order valence-electron chi connectivity index (χ2n) is 6.16. The molecule has 0 aromatic heterocycles. The molecule has 0 saturated carbocycles. The first-order chi connectivity index (χ1) is 9.59. The number of nitrogens with zero attached hydrogens (tertiary/aromatic N) is 1. The van der Waals surface area contributed by atoms with Gasteiger partial charge in [0.1, 0.15) is 0 Å². The van der Waals surface area contributed by atoms with Crippen LogP contribution in [0.4, 0.5) is 0 Å². The number of hydrogen-bond donors (Lipinski definition) is 0. The highest BCUT2D eigenvalue weighted by Crippen LogP contribution is 2.65. The summed E-state index contributed by atoms with van der Waals surface area (Å²) in [5, 5.41) is 11.9. The zero-order chi connectivity index (χ0) is 16.3. The number of rotatable bonds is 7. The van der Waals surface area contributed by atoms with Crippen LogP contribution in [0.15, 0.2) is 0 Å². The maximum absolute atomic E-state index is 12.9. The van der Waals surface area contributed by atoms with E-state index in [9.17, 15) is 9.77 Å². The summed E-state index contributed by atoms with van der Waals surface area (Å²) in [7, 11) is -3.56. The minimum Gasteiger partial charge on any atom is -0.308 e. The summed E-state index contributed by atoms with van der Waals surface area (Å²) < 4.78 is 23.5. The largest absolute Gasteiger partial charge is 0.352 e. The third-order valence-electron chi connectivity index (χ3n) is 3.20. The van der Waals surface area contributed by atoms with E-state index in [1.165, 1.54) is 0 Å². The van der Waals surface area contributed by atoms with E-state index in [1.54, 1.807) is 20.8 Å². The average Bonchev–Trinajstić information content (AvgIpc) is 2.65. The Morgan fingerprint density at radius 2 is 1.76 bits per heavy atom. The molecule has 0 spiro atoms. The second-order valence-corrected chi connectivity index (χ2v) is 8.64. The van der Waals surface area contributed by atoms with E-state index >= 15 is 0 Å². The monoisotopic (exact) mass is 324 g/mol. The van der Waals surface area contributed by atoms with Crippen LogP contribution in [-0.4, -0.2) is 35.4 Å². The van der Waals surface area contributed by atoms with Crippen molar-refractivity contribution in [3.8, 4) is 0 Å². The standard InChI is InChI=1S/C13H27NO6P/c1-7-17-21(16,18-8-2)13(6)10-9-11(14(13)15)19-20-12(3,4)5/h11H,7-10H2,1-6H3/t11-,13+/m1/s1. The normalized spacial score (nSPS) is 28.2. The zero-order valence-corrected chi connectivity index (χ0v) is 14.6. The molecule has 1 saturated heterocycles. The topological polar surface area (TPSA) is 77.1 Å². The molecule has 0 aromatic carbocycles. The Morgan fingerprint density at radius 1 is 1.24 bits per heavy atom. The smallest absolute Gasteiger partial charge is 0.308 e. The fraction of sp³-hybridized carbons (Fsp3) is 1.00. The van der Waals surface area contributed by atoms with Gasteiger partial charge in [-0.3, -0.25) is 4.57 Å². The number of hydrogen-bond acceptors (Lipinski definition) is 6. The van der Waals surface area contributed by atoms with Gasteiger partial charge in [-0.25, -0.2) is 9.78 Å². The summed E-state index contributed by atoms with van der Waals surface area (Å²) in [4.78, 5) is 10.4. The molecule has 0 unspecified atom stereocenters. The average molecular weight is 324 g/mol. The zero-order valence-electron chi connectivity index (χ0n) is 13.7. The van der Waals surface area contributed by atoms with Gasteiger partial charge in [0, 0.05) is 0 Å². The molecule has 0 aliphatic carbocycles. The molecule has 21 heavy (non-hydrogen) atoms. The van der Waals surface area contributed by atoms with Crippen LogP contribution >= 0.6 is 7.60 Å². The van der Waals surface area contributed by atoms with Gasteiger partial charge in [0.2, 0.25) is 0 Å². The van der Waals surface area contributed by atoms with Crippen molar-refractivity contribution in [1.82, 2.24) is 5.06 Å². The van der Waals surface area contributed by atoms with Crippen molar-refractivity contribution in [2.75, 3.05) is 13.2 Å². The van der Waals surface area contributed by atoms with Gasteiger partial charge in [-0.2, -0.15) is 0 Å². The van der Waals surface area contributed by atoms with E-state index in [1.807, 2.05) is 20.8 Å². The fourth-order valence-electron chi connectivity index (χ4n) is 2.13. The van der Waals surface area contributed by atoms with Gasteiger partial charge in [-0.15, -0.1) is 10.3 Å². The summed E-state index contributed by atoms with van der Waals surface area (Å²) in [5.74, 6) is 0. The predicted octanol–water partition coefficient (Wildman–Crippen LogP) is 3.48. The van der Waals surface area contributed by atoms with Crippen LogP contribution < -0.4 is 0 Å². The Hall–Kier alpha value is -0.0100. The molecule has 0 amide bonds. The van der Waals surface area contributed by atoms with Gasteiger partial charge in [0.05, 0.1) is 18.8 Å². The molecule has 1 radical (unpaired) electrons. The Bertz CT molecular complexity index is 375. The van der Waals surface area contributed by atoms with Gasteiger partial charge in [-0.1, -0.05) is 0 Å². The van der Waals surface area contributed by atoms with Crippen LogP contribution in [0, 0.1) is 0 Å². The highest BCUT2D eigenvalue weighted by molar-refractivity contribution is 7.55. The van der Waals surface area contributed by atoms with Crippen molar-refractivity contribution in [3.05, 3.63) is 0 Å². The van der Waals surface area contributed by atoms with E-state index < -0.39 is 24.7 Å². The first kappa shape index (κ1) is 19.0. The summed E-state index contributed by atoms with van der Waals surface area (Å²) in [6.07, 6.45) is -0.0601. The van der Waals surface area contributed by atoms with Crippen molar-refractivity contribution in [2.24, 2.45) is 0 Å². The molecule has 1 rings (SSSR count). The quantitative estimate of drug-likeness (QED) is 0.405. The third kappa shape index (κ3) is 4.26. The molecule has 0 aromatic rings. The molecular weight excluding hydrogens is 297 g/mol. The van der Waals surface area contributed by atoms with Gasteiger partial charge < -0.3 is 9.05 Å². The summed E-state index contributed by atoms with van der Waals surface area (Å²) in [5.41, 5.74) is -0.524. The minimum absolute atomic E-state index is 0.213. The molecule has 7 nitrogen and oxygen atoms in total. The Kier molecular flexibility index (Phi) is 6.39. The molecule has 1 heterocycles. The van der Waals surface area contributed by atoms with E-state index in [0.717, 1.165) is 0 Å². The highest BCUT2D eigenvalue weighted by atomic mass is 31.2. The van der Waals surface area contributed by atoms with Crippen LogP contribution in [0.1, 0.15) is 54.4 Å². The van der Waals surface area contributed by atoms with Gasteiger partial charge in [0.25, 0.3) is 0 Å². The lowest BCUT2D eigenvalue weighted by Gasteiger charge is -2.36. The van der Waals surface area contributed by atoms with Gasteiger partial charge >= 0.3 is 7.60 Å². The summed E-state index contributed by atoms with van der Waals surface area (Å²) >= 11 is 0. The molecule has 1 fully saturated rings. The van der Waals surface area contributed by atoms with E-state index in [0.29, 0.717) is 17.9 Å². The lowest BCUT2D eigenvalue weighted by atomic mass is 10.2. The lowest BCUT2D eigenvalue weighted by Crippen LogP contribution is -2.44. The van der Waals surface area contributed by atoms with E-state index in [4.69, 9.17) is 18.8 Å². The van der Waals surface area contributed by atoms with Gasteiger partial charge in [0.15, 0.2) is 11.5 Å². The first-order valence-corrected chi connectivity index (χ1v) is 8.84. The van der Waals surface area contributed by atoms with E-state index in [-0.39, 0.29) is 13.2 Å². The Labute approximate surface area is 126 Å². The Balaban J connectivity index is 2.85. The Morgan fingerprint density at radius 3 is 2.19 bits per heavy atom. The molecule has 0 N–H and O–H groups in total. The summed E-state index contributed by atoms with van der Waals surface area (Å²) in [6, 6.07) is 0. The summed E-state index contributed by atoms with van der Waals surface area (Å²) in [6.45, 7) is 10.9. The van der Waals surface area contributed by atoms with Crippen molar-refractivity contribution in [2.45, 2.75) is 71.5 Å². The van der Waals surface area contributed by atoms with Crippen LogP contribution in [-0.2, 0) is 28.6 Å². The van der Waals surface area contributed by atoms with Crippen molar-refractivity contribution >= 4 is 7.60 Å². The van der Waals surface area contributed by atoms with E-state index in [2.05, 4.69) is 0 Å². The second kappa shape index (κ2) is 7.04. The lowest BCUT2D eigenvalue weighted by molar-refractivity contribution is -0.426. The fourth-order valence-corrected chi connectivity index (χ4v) is 4.22. The molecule has 1 aliphatic heterocycles. The molecular formula is C13H27NO6P. The van der Waals surface area contributed by atoms with Gasteiger partial charge in [-0.05, 0) is 54.4 Å². The van der Waals surface area contributed by atoms with Crippen molar-refractivity contribution in [3.63, 3.8) is 0 Å². The highest BCUT2D eigenvalue weighted by Gasteiger charge is 2.59. The molecule has 1 aliphatic rings. The van der Waals surface area contributed by atoms with Crippen LogP contribution in [0.25, 0.3) is 0 Å². The van der Waals surface area contributed by atoms with Crippen molar-refractivity contribution < 1.29 is 28.6 Å². The molecule has 8 heteroatoms. The minimum atomic E-state index is -3.56. The first-order valence-electron chi connectivity index (χ1n) is 7.30. The molecule has 2 atom stereocenters. The number of hydroxylamine groups is 2. The molecule has 0 bridgehead atoms. The van der Waals surface area contributed by atoms with Crippen LogP contribution in [0.5, 0.6) is 0 Å². The maximum atomic E-state index is 12.9. The molecule has 125 valence electrons. The maximum Gasteiger partial charge on any atom is 0.352 e.